The molecule has 0 spiro atoms. The molecule has 110 valence electrons. The van der Waals surface area contributed by atoms with Gasteiger partial charge in [0.2, 0.25) is 0 Å². The van der Waals surface area contributed by atoms with Gasteiger partial charge in [0, 0.05) is 24.2 Å². The molecule has 1 heterocycles. The Hall–Kier alpha value is -0.910. The number of benzene rings is 1. The van der Waals surface area contributed by atoms with Crippen molar-refractivity contribution in [3.05, 3.63) is 33.8 Å². The molecule has 1 unspecified atom stereocenters. The molecule has 5 heteroatoms. The van der Waals surface area contributed by atoms with Gasteiger partial charge in [-0.3, -0.25) is 4.90 Å². The molecule has 1 aromatic rings. The highest BCUT2D eigenvalue weighted by atomic mass is 79.9. The molecule has 0 aliphatic carbocycles. The highest BCUT2D eigenvalue weighted by molar-refractivity contribution is 9.10. The summed E-state index contributed by atoms with van der Waals surface area (Å²) in [6.45, 7) is 3.15. The molecular formula is C15H20BrNO3. The molecule has 2 rings (SSSR count). The topological polar surface area (TPSA) is 60.8 Å². The lowest BCUT2D eigenvalue weighted by Crippen LogP contribution is -2.35. The minimum atomic E-state index is -0.904. The monoisotopic (exact) mass is 341 g/mol. The molecule has 0 radical (unpaired) electrons. The second-order valence-corrected chi connectivity index (χ2v) is 6.22. The largest absolute Gasteiger partial charge is 0.478 e. The standard InChI is InChI=1S/C15H20BrNO3/c16-14-8-12(15(19)20)3-4-13(14)10-17-6-1-2-11(9-17)5-7-18/h3-4,8,11,18H,1-2,5-7,9-10H2,(H,19,20). The smallest absolute Gasteiger partial charge is 0.335 e. The number of aliphatic hydroxyl groups is 1. The maximum atomic E-state index is 10.9. The summed E-state index contributed by atoms with van der Waals surface area (Å²) in [5.41, 5.74) is 1.41. The van der Waals surface area contributed by atoms with Gasteiger partial charge in [0.1, 0.15) is 0 Å². The van der Waals surface area contributed by atoms with Crippen LogP contribution in [0.3, 0.4) is 0 Å². The van der Waals surface area contributed by atoms with Crippen LogP contribution in [-0.2, 0) is 6.54 Å². The normalized spacial score (nSPS) is 20.0. The number of carboxylic acids is 1. The van der Waals surface area contributed by atoms with Gasteiger partial charge in [-0.15, -0.1) is 0 Å². The van der Waals surface area contributed by atoms with Crippen LogP contribution in [0.4, 0.5) is 0 Å². The molecule has 0 amide bonds. The predicted octanol–water partition coefficient (Wildman–Crippen LogP) is 2.74. The van der Waals surface area contributed by atoms with Crippen LogP contribution in [0.2, 0.25) is 0 Å². The van der Waals surface area contributed by atoms with E-state index in [1.807, 2.05) is 6.07 Å². The van der Waals surface area contributed by atoms with Crippen LogP contribution in [0.25, 0.3) is 0 Å². The second-order valence-electron chi connectivity index (χ2n) is 5.37. The summed E-state index contributed by atoms with van der Waals surface area (Å²) in [5, 5.41) is 18.0. The van der Waals surface area contributed by atoms with Gasteiger partial charge in [-0.2, -0.15) is 0 Å². The number of halogens is 1. The summed E-state index contributed by atoms with van der Waals surface area (Å²) >= 11 is 3.46. The summed E-state index contributed by atoms with van der Waals surface area (Å²) in [6, 6.07) is 5.19. The van der Waals surface area contributed by atoms with Crippen molar-refractivity contribution in [2.45, 2.75) is 25.8 Å². The maximum Gasteiger partial charge on any atom is 0.335 e. The molecule has 1 saturated heterocycles. The molecule has 0 bridgehead atoms. The third-order valence-electron chi connectivity index (χ3n) is 3.83. The van der Waals surface area contributed by atoms with Gasteiger partial charge < -0.3 is 10.2 Å². The van der Waals surface area contributed by atoms with Crippen molar-refractivity contribution in [3.8, 4) is 0 Å². The minimum absolute atomic E-state index is 0.259. The van der Waals surface area contributed by atoms with Gasteiger partial charge >= 0.3 is 5.97 Å². The molecule has 2 N–H and O–H groups in total. The van der Waals surface area contributed by atoms with Gasteiger partial charge in [0.25, 0.3) is 0 Å². The van der Waals surface area contributed by atoms with Crippen LogP contribution in [0.1, 0.15) is 35.2 Å². The fraction of sp³-hybridized carbons (Fsp3) is 0.533. The highest BCUT2D eigenvalue weighted by Crippen LogP contribution is 2.24. The van der Waals surface area contributed by atoms with Gasteiger partial charge in [0.05, 0.1) is 5.56 Å². The molecule has 1 aliphatic heterocycles. The lowest BCUT2D eigenvalue weighted by atomic mass is 9.95. The zero-order valence-corrected chi connectivity index (χ0v) is 13.0. The molecule has 20 heavy (non-hydrogen) atoms. The third-order valence-corrected chi connectivity index (χ3v) is 4.57. The fourth-order valence-electron chi connectivity index (χ4n) is 2.76. The third kappa shape index (κ3) is 4.04. The SMILES string of the molecule is O=C(O)c1ccc(CN2CCCC(CCO)C2)c(Br)c1. The zero-order valence-electron chi connectivity index (χ0n) is 11.4. The summed E-state index contributed by atoms with van der Waals surface area (Å²) in [4.78, 5) is 13.3. The van der Waals surface area contributed by atoms with Crippen molar-refractivity contribution in [1.82, 2.24) is 4.90 Å². The van der Waals surface area contributed by atoms with Gasteiger partial charge in [0.15, 0.2) is 0 Å². The predicted molar refractivity (Wildman–Crippen MR) is 80.8 cm³/mol. The number of hydrogen-bond acceptors (Lipinski definition) is 3. The Balaban J connectivity index is 2.00. The van der Waals surface area contributed by atoms with E-state index >= 15 is 0 Å². The Morgan fingerprint density at radius 1 is 1.45 bits per heavy atom. The van der Waals surface area contributed by atoms with Gasteiger partial charge in [-0.25, -0.2) is 4.79 Å². The lowest BCUT2D eigenvalue weighted by molar-refractivity contribution is 0.0697. The average molecular weight is 342 g/mol. The summed E-state index contributed by atoms with van der Waals surface area (Å²) < 4.78 is 0.849. The number of carboxylic acid groups (broad SMARTS) is 1. The minimum Gasteiger partial charge on any atom is -0.478 e. The number of nitrogens with zero attached hydrogens (tertiary/aromatic N) is 1. The quantitative estimate of drug-likeness (QED) is 0.864. The number of piperidine rings is 1. The van der Waals surface area contributed by atoms with E-state index < -0.39 is 5.97 Å². The van der Waals surface area contributed by atoms with Crippen LogP contribution in [0.5, 0.6) is 0 Å². The summed E-state index contributed by atoms with van der Waals surface area (Å²) in [6.07, 6.45) is 3.22. The lowest BCUT2D eigenvalue weighted by Gasteiger charge is -2.32. The maximum absolute atomic E-state index is 10.9. The first-order valence-corrected chi connectivity index (χ1v) is 7.74. The summed E-state index contributed by atoms with van der Waals surface area (Å²) in [7, 11) is 0. The van der Waals surface area contributed by atoms with Crippen molar-refractivity contribution in [2.75, 3.05) is 19.7 Å². The number of rotatable bonds is 5. The van der Waals surface area contributed by atoms with E-state index in [1.54, 1.807) is 12.1 Å². The van der Waals surface area contributed by atoms with E-state index in [2.05, 4.69) is 20.8 Å². The van der Waals surface area contributed by atoms with E-state index in [0.717, 1.165) is 42.5 Å². The molecular weight excluding hydrogens is 322 g/mol. The van der Waals surface area contributed by atoms with Crippen molar-refractivity contribution in [1.29, 1.82) is 0 Å². The van der Waals surface area contributed by atoms with Crippen LogP contribution < -0.4 is 0 Å². The van der Waals surface area contributed by atoms with Crippen LogP contribution in [-0.4, -0.2) is 40.8 Å². The zero-order chi connectivity index (χ0) is 14.5. The molecule has 4 nitrogen and oxygen atoms in total. The van der Waals surface area contributed by atoms with Crippen LogP contribution >= 0.6 is 15.9 Å². The van der Waals surface area contributed by atoms with Crippen molar-refractivity contribution in [3.63, 3.8) is 0 Å². The van der Waals surface area contributed by atoms with E-state index in [4.69, 9.17) is 10.2 Å². The second kappa shape index (κ2) is 7.20. The van der Waals surface area contributed by atoms with Crippen molar-refractivity contribution in [2.24, 2.45) is 5.92 Å². The number of aromatic carboxylic acids is 1. The van der Waals surface area contributed by atoms with Gasteiger partial charge in [-0.1, -0.05) is 22.0 Å². The number of hydrogen-bond donors (Lipinski definition) is 2. The Bertz CT molecular complexity index is 476. The van der Waals surface area contributed by atoms with Crippen LogP contribution in [0.15, 0.2) is 22.7 Å². The van der Waals surface area contributed by atoms with Crippen molar-refractivity contribution < 1.29 is 15.0 Å². The summed E-state index contributed by atoms with van der Waals surface area (Å²) in [5.74, 6) is -0.330. The molecule has 1 aliphatic rings. The van der Waals surface area contributed by atoms with Crippen molar-refractivity contribution >= 4 is 21.9 Å². The number of aliphatic hydroxyl groups excluding tert-OH is 1. The molecule has 0 aromatic heterocycles. The molecule has 1 aromatic carbocycles. The first-order valence-electron chi connectivity index (χ1n) is 6.95. The van der Waals surface area contributed by atoms with E-state index in [0.29, 0.717) is 11.5 Å². The Kier molecular flexibility index (Phi) is 5.57. The average Bonchev–Trinajstić information content (AvgIpc) is 2.42. The molecule has 1 atom stereocenters. The van der Waals surface area contributed by atoms with Crippen LogP contribution in [0, 0.1) is 5.92 Å². The molecule has 1 fully saturated rings. The van der Waals surface area contributed by atoms with E-state index in [1.165, 1.54) is 6.42 Å². The number of likely N-dealkylation sites (tertiary alicyclic amines) is 1. The first-order chi connectivity index (χ1) is 9.60. The Morgan fingerprint density at radius 3 is 2.90 bits per heavy atom. The van der Waals surface area contributed by atoms with E-state index in [9.17, 15) is 4.79 Å². The highest BCUT2D eigenvalue weighted by Gasteiger charge is 2.20. The molecule has 0 saturated carbocycles. The fourth-order valence-corrected chi connectivity index (χ4v) is 3.27. The van der Waals surface area contributed by atoms with Gasteiger partial charge in [-0.05, 0) is 49.4 Å². The van der Waals surface area contributed by atoms with E-state index in [-0.39, 0.29) is 6.61 Å². The first kappa shape index (κ1) is 15.5. The Morgan fingerprint density at radius 2 is 2.25 bits per heavy atom. The number of carbonyl (C=O) groups is 1. The Labute approximate surface area is 127 Å².